The van der Waals surface area contributed by atoms with Gasteiger partial charge in [-0.25, -0.2) is 0 Å². The minimum absolute atomic E-state index is 0.131. The third kappa shape index (κ3) is 4.24. The predicted molar refractivity (Wildman–Crippen MR) is 99.4 cm³/mol. The molecule has 0 radical (unpaired) electrons. The Bertz CT molecular complexity index is 867. The number of nitrogens with one attached hydrogen (secondary N) is 2. The van der Waals surface area contributed by atoms with Gasteiger partial charge in [0.2, 0.25) is 5.91 Å². The molecule has 2 amide bonds. The highest BCUT2D eigenvalue weighted by Crippen LogP contribution is 2.22. The van der Waals surface area contributed by atoms with Crippen LogP contribution in [0.2, 0.25) is 0 Å². The maximum atomic E-state index is 12.3. The average Bonchev–Trinajstić information content (AvgIpc) is 2.55. The standard InChI is InChI=1S/C19H21N3O4/c1-11-8-12(2)18(13(3)9-11)21-17(23)10-20-19(24)15-6-5-7-16(14(15)4)22(25)26/h5-9H,10H2,1-4H3,(H,20,24)(H,21,23). The maximum absolute atomic E-state index is 12.3. The Morgan fingerprint density at radius 2 is 1.69 bits per heavy atom. The van der Waals surface area contributed by atoms with Crippen molar-refractivity contribution in [2.24, 2.45) is 0 Å². The van der Waals surface area contributed by atoms with Gasteiger partial charge in [0.1, 0.15) is 0 Å². The van der Waals surface area contributed by atoms with E-state index in [9.17, 15) is 19.7 Å². The van der Waals surface area contributed by atoms with E-state index in [-0.39, 0.29) is 29.3 Å². The maximum Gasteiger partial charge on any atom is 0.273 e. The number of nitro groups is 1. The molecule has 2 aromatic carbocycles. The van der Waals surface area contributed by atoms with Gasteiger partial charge >= 0.3 is 0 Å². The Hall–Kier alpha value is -3.22. The molecule has 0 aliphatic heterocycles. The van der Waals surface area contributed by atoms with E-state index >= 15 is 0 Å². The highest BCUT2D eigenvalue weighted by molar-refractivity contribution is 6.01. The monoisotopic (exact) mass is 355 g/mol. The zero-order valence-corrected chi connectivity index (χ0v) is 15.2. The van der Waals surface area contributed by atoms with Crippen molar-refractivity contribution in [1.29, 1.82) is 0 Å². The first-order valence-corrected chi connectivity index (χ1v) is 8.10. The molecule has 0 spiro atoms. The first-order valence-electron chi connectivity index (χ1n) is 8.10. The van der Waals surface area contributed by atoms with Gasteiger partial charge in [0, 0.05) is 22.9 Å². The Kier molecular flexibility index (Phi) is 5.71. The van der Waals surface area contributed by atoms with Crippen LogP contribution in [-0.2, 0) is 4.79 Å². The molecule has 26 heavy (non-hydrogen) atoms. The van der Waals surface area contributed by atoms with Crippen molar-refractivity contribution in [2.45, 2.75) is 27.7 Å². The number of nitro benzene ring substituents is 1. The molecule has 0 aliphatic carbocycles. The molecule has 7 heteroatoms. The fourth-order valence-corrected chi connectivity index (χ4v) is 2.88. The van der Waals surface area contributed by atoms with Crippen LogP contribution >= 0.6 is 0 Å². The number of amides is 2. The van der Waals surface area contributed by atoms with Crippen molar-refractivity contribution in [1.82, 2.24) is 5.32 Å². The van der Waals surface area contributed by atoms with Crippen LogP contribution in [0, 0.1) is 37.8 Å². The van der Waals surface area contributed by atoms with Crippen LogP contribution in [0.1, 0.15) is 32.6 Å². The number of nitrogens with zero attached hydrogens (tertiary/aromatic N) is 1. The number of aryl methyl sites for hydroxylation is 3. The van der Waals surface area contributed by atoms with Gasteiger partial charge in [-0.2, -0.15) is 0 Å². The second-order valence-corrected chi connectivity index (χ2v) is 6.21. The molecule has 0 saturated heterocycles. The summed E-state index contributed by atoms with van der Waals surface area (Å²) in [6, 6.07) is 8.20. The summed E-state index contributed by atoms with van der Waals surface area (Å²) in [4.78, 5) is 34.8. The molecular formula is C19H21N3O4. The number of hydrogen-bond acceptors (Lipinski definition) is 4. The molecule has 0 fully saturated rings. The summed E-state index contributed by atoms with van der Waals surface area (Å²) in [7, 11) is 0. The van der Waals surface area contributed by atoms with Gasteiger partial charge in [0.15, 0.2) is 0 Å². The van der Waals surface area contributed by atoms with E-state index in [4.69, 9.17) is 0 Å². The summed E-state index contributed by atoms with van der Waals surface area (Å²) in [5, 5.41) is 16.3. The van der Waals surface area contributed by atoms with E-state index in [0.717, 1.165) is 22.4 Å². The number of carbonyl (C=O) groups is 2. The van der Waals surface area contributed by atoms with Crippen LogP contribution < -0.4 is 10.6 Å². The predicted octanol–water partition coefficient (Wildman–Crippen LogP) is 3.20. The molecule has 0 aliphatic rings. The quantitative estimate of drug-likeness (QED) is 0.635. The molecule has 136 valence electrons. The van der Waals surface area contributed by atoms with Gasteiger partial charge in [-0.3, -0.25) is 19.7 Å². The van der Waals surface area contributed by atoms with Gasteiger partial charge in [0.05, 0.1) is 11.5 Å². The second-order valence-electron chi connectivity index (χ2n) is 6.21. The van der Waals surface area contributed by atoms with Crippen molar-refractivity contribution in [3.63, 3.8) is 0 Å². The van der Waals surface area contributed by atoms with Gasteiger partial charge < -0.3 is 10.6 Å². The highest BCUT2D eigenvalue weighted by Gasteiger charge is 2.18. The topological polar surface area (TPSA) is 101 Å². The van der Waals surface area contributed by atoms with E-state index in [1.165, 1.54) is 25.1 Å². The largest absolute Gasteiger partial charge is 0.343 e. The van der Waals surface area contributed by atoms with Crippen molar-refractivity contribution in [3.05, 3.63) is 68.3 Å². The zero-order chi connectivity index (χ0) is 19.4. The second kappa shape index (κ2) is 7.77. The summed E-state index contributed by atoms with van der Waals surface area (Å²) >= 11 is 0. The highest BCUT2D eigenvalue weighted by atomic mass is 16.6. The van der Waals surface area contributed by atoms with Crippen molar-refractivity contribution >= 4 is 23.2 Å². The summed E-state index contributed by atoms with van der Waals surface area (Å²) in [6.45, 7) is 7.06. The third-order valence-corrected chi connectivity index (χ3v) is 4.10. The van der Waals surface area contributed by atoms with E-state index < -0.39 is 10.8 Å². The van der Waals surface area contributed by atoms with E-state index in [1.807, 2.05) is 32.9 Å². The average molecular weight is 355 g/mol. The third-order valence-electron chi connectivity index (χ3n) is 4.10. The fourth-order valence-electron chi connectivity index (χ4n) is 2.88. The molecular weight excluding hydrogens is 334 g/mol. The van der Waals surface area contributed by atoms with Gasteiger partial charge in [-0.05, 0) is 44.9 Å². The molecule has 2 N–H and O–H groups in total. The molecule has 0 aromatic heterocycles. The smallest absolute Gasteiger partial charge is 0.273 e. The Labute approximate surface area is 151 Å². The molecule has 0 atom stereocenters. The van der Waals surface area contributed by atoms with Crippen LogP contribution in [0.4, 0.5) is 11.4 Å². The Morgan fingerprint density at radius 3 is 2.27 bits per heavy atom. The van der Waals surface area contributed by atoms with Crippen LogP contribution in [0.25, 0.3) is 0 Å². The minimum Gasteiger partial charge on any atom is -0.343 e. The number of anilines is 1. The Morgan fingerprint density at radius 1 is 1.08 bits per heavy atom. The lowest BCUT2D eigenvalue weighted by Crippen LogP contribution is -2.33. The molecule has 0 heterocycles. The first-order chi connectivity index (χ1) is 12.2. The summed E-state index contributed by atoms with van der Waals surface area (Å²) in [6.07, 6.45) is 0. The van der Waals surface area contributed by atoms with E-state index in [1.54, 1.807) is 0 Å². The molecule has 2 aromatic rings. The summed E-state index contributed by atoms with van der Waals surface area (Å²) in [5.41, 5.74) is 4.02. The molecule has 7 nitrogen and oxygen atoms in total. The Balaban J connectivity index is 2.05. The first kappa shape index (κ1) is 19.1. The molecule has 2 rings (SSSR count). The number of carbonyl (C=O) groups excluding carboxylic acids is 2. The van der Waals surface area contributed by atoms with Gasteiger partial charge in [-0.1, -0.05) is 23.8 Å². The normalized spacial score (nSPS) is 10.3. The number of hydrogen-bond donors (Lipinski definition) is 2. The molecule has 0 saturated carbocycles. The lowest BCUT2D eigenvalue weighted by atomic mass is 10.1. The lowest BCUT2D eigenvalue weighted by molar-refractivity contribution is -0.385. The number of benzene rings is 2. The van der Waals surface area contributed by atoms with Crippen LogP contribution in [0.5, 0.6) is 0 Å². The van der Waals surface area contributed by atoms with E-state index in [0.29, 0.717) is 0 Å². The van der Waals surface area contributed by atoms with Crippen LogP contribution in [0.3, 0.4) is 0 Å². The van der Waals surface area contributed by atoms with Crippen molar-refractivity contribution in [3.8, 4) is 0 Å². The molecule has 0 bridgehead atoms. The minimum atomic E-state index is -0.540. The summed E-state index contributed by atoms with van der Waals surface area (Å²) in [5.74, 6) is -0.893. The SMILES string of the molecule is Cc1cc(C)c(NC(=O)CNC(=O)c2cccc([N+](=O)[O-])c2C)c(C)c1. The zero-order valence-electron chi connectivity index (χ0n) is 15.2. The molecule has 0 unspecified atom stereocenters. The van der Waals surface area contributed by atoms with Gasteiger partial charge in [0.25, 0.3) is 11.6 Å². The number of rotatable bonds is 5. The van der Waals surface area contributed by atoms with Crippen LogP contribution in [-0.4, -0.2) is 23.3 Å². The lowest BCUT2D eigenvalue weighted by Gasteiger charge is -2.13. The van der Waals surface area contributed by atoms with Crippen LogP contribution in [0.15, 0.2) is 30.3 Å². The van der Waals surface area contributed by atoms with Crippen molar-refractivity contribution < 1.29 is 14.5 Å². The van der Waals surface area contributed by atoms with Crippen molar-refractivity contribution in [2.75, 3.05) is 11.9 Å². The fraction of sp³-hybridized carbons (Fsp3) is 0.263. The van der Waals surface area contributed by atoms with Gasteiger partial charge in [-0.15, -0.1) is 0 Å². The van der Waals surface area contributed by atoms with E-state index in [2.05, 4.69) is 10.6 Å². The summed E-state index contributed by atoms with van der Waals surface area (Å²) < 4.78 is 0.